The Bertz CT molecular complexity index is 306. The molecule has 0 saturated carbocycles. The summed E-state index contributed by atoms with van der Waals surface area (Å²) < 4.78 is 10.4. The first kappa shape index (κ1) is 15.7. The Hall–Kier alpha value is -0.690. The summed E-state index contributed by atoms with van der Waals surface area (Å²) in [7, 11) is 1.71. The van der Waals surface area contributed by atoms with Crippen LogP contribution in [0.4, 0.5) is 0 Å². The fraction of sp³-hybridized carbons (Fsp3) is 0.929. The number of hydrogen-bond donors (Lipinski definition) is 2. The second-order valence-electron chi connectivity index (χ2n) is 5.65. The van der Waals surface area contributed by atoms with E-state index in [0.29, 0.717) is 19.6 Å². The van der Waals surface area contributed by atoms with E-state index in [1.54, 1.807) is 7.11 Å². The van der Waals surface area contributed by atoms with Crippen molar-refractivity contribution in [3.63, 3.8) is 0 Å². The zero-order valence-corrected chi connectivity index (χ0v) is 12.2. The Labute approximate surface area is 120 Å². The van der Waals surface area contributed by atoms with Gasteiger partial charge in [-0.3, -0.25) is 4.79 Å². The van der Waals surface area contributed by atoms with Crippen molar-refractivity contribution in [2.24, 2.45) is 5.92 Å². The van der Waals surface area contributed by atoms with E-state index in [0.717, 1.165) is 39.1 Å². The average Bonchev–Trinajstić information content (AvgIpc) is 2.48. The van der Waals surface area contributed by atoms with E-state index >= 15 is 0 Å². The highest BCUT2D eigenvalue weighted by Crippen LogP contribution is 2.18. The maximum Gasteiger partial charge on any atom is 0.223 e. The van der Waals surface area contributed by atoms with Crippen LogP contribution in [0.1, 0.15) is 19.3 Å². The maximum atomic E-state index is 12.2. The molecule has 0 aromatic rings. The Kier molecular flexibility index (Phi) is 6.22. The Morgan fingerprint density at radius 3 is 2.80 bits per heavy atom. The fourth-order valence-electron chi connectivity index (χ4n) is 2.80. The van der Waals surface area contributed by atoms with Crippen LogP contribution in [0, 0.1) is 5.92 Å². The molecule has 0 aliphatic carbocycles. The lowest BCUT2D eigenvalue weighted by molar-refractivity contribution is -0.130. The molecule has 0 unspecified atom stereocenters. The molecule has 20 heavy (non-hydrogen) atoms. The number of carbonyl (C=O) groups excluding carboxylic acids is 1. The molecule has 1 amide bonds. The highest BCUT2D eigenvalue weighted by atomic mass is 16.5. The predicted molar refractivity (Wildman–Crippen MR) is 74.4 cm³/mol. The minimum Gasteiger partial charge on any atom is -0.391 e. The number of amides is 1. The molecule has 0 aromatic heterocycles. The fourth-order valence-corrected chi connectivity index (χ4v) is 2.80. The molecule has 2 N–H and O–H groups in total. The number of methoxy groups -OCH3 is 1. The van der Waals surface area contributed by atoms with Crippen molar-refractivity contribution in [1.29, 1.82) is 0 Å². The molecule has 0 bridgehead atoms. The van der Waals surface area contributed by atoms with E-state index in [4.69, 9.17) is 9.47 Å². The predicted octanol–water partition coefficient (Wildman–Crippen LogP) is -0.389. The summed E-state index contributed by atoms with van der Waals surface area (Å²) in [6.45, 7) is 4.53. The number of nitrogens with one attached hydrogen (secondary N) is 1. The lowest BCUT2D eigenvalue weighted by Gasteiger charge is -2.33. The van der Waals surface area contributed by atoms with Gasteiger partial charge >= 0.3 is 0 Å². The van der Waals surface area contributed by atoms with Gasteiger partial charge in [-0.25, -0.2) is 0 Å². The van der Waals surface area contributed by atoms with Crippen LogP contribution in [0.2, 0.25) is 0 Å². The second-order valence-corrected chi connectivity index (χ2v) is 5.65. The number of aliphatic hydroxyl groups excluding tert-OH is 1. The van der Waals surface area contributed by atoms with Gasteiger partial charge in [0.05, 0.1) is 25.4 Å². The Morgan fingerprint density at radius 1 is 1.40 bits per heavy atom. The number of piperidine rings is 1. The summed E-state index contributed by atoms with van der Waals surface area (Å²) in [6.07, 6.45) is 1.87. The normalized spacial score (nSPS) is 29.3. The average molecular weight is 286 g/mol. The number of carbonyl (C=O) groups is 1. The summed E-state index contributed by atoms with van der Waals surface area (Å²) in [5.74, 6) is 0.119. The number of hydrogen-bond acceptors (Lipinski definition) is 5. The lowest BCUT2D eigenvalue weighted by Crippen LogP contribution is -2.52. The van der Waals surface area contributed by atoms with Crippen LogP contribution in [0.15, 0.2) is 0 Å². The molecule has 2 saturated heterocycles. The van der Waals surface area contributed by atoms with Crippen molar-refractivity contribution >= 4 is 5.91 Å². The third kappa shape index (κ3) is 4.41. The molecular weight excluding hydrogens is 260 g/mol. The number of nitrogens with zero attached hydrogens (tertiary/aromatic N) is 1. The number of aliphatic hydroxyl groups is 1. The van der Waals surface area contributed by atoms with E-state index in [1.165, 1.54) is 0 Å². The topological polar surface area (TPSA) is 71.0 Å². The summed E-state index contributed by atoms with van der Waals surface area (Å²) in [5, 5.41) is 12.8. The first-order valence-electron chi connectivity index (χ1n) is 7.48. The zero-order valence-electron chi connectivity index (χ0n) is 12.2. The van der Waals surface area contributed by atoms with E-state index in [-0.39, 0.29) is 17.9 Å². The third-order valence-electron chi connectivity index (χ3n) is 4.22. The van der Waals surface area contributed by atoms with Gasteiger partial charge in [0.2, 0.25) is 5.91 Å². The largest absolute Gasteiger partial charge is 0.391 e. The van der Waals surface area contributed by atoms with Crippen LogP contribution in [-0.4, -0.2) is 74.6 Å². The van der Waals surface area contributed by atoms with E-state index in [9.17, 15) is 9.90 Å². The molecule has 116 valence electrons. The molecule has 2 atom stereocenters. The van der Waals surface area contributed by atoms with Crippen LogP contribution < -0.4 is 5.32 Å². The van der Waals surface area contributed by atoms with E-state index in [2.05, 4.69) is 10.2 Å². The molecule has 2 rings (SSSR count). The molecule has 0 spiro atoms. The van der Waals surface area contributed by atoms with Crippen LogP contribution in [-0.2, 0) is 14.3 Å². The summed E-state index contributed by atoms with van der Waals surface area (Å²) in [4.78, 5) is 14.5. The SMILES string of the molecule is COCCN1CCC(C(=O)N[C@@H]2COCC[C@H]2O)CC1. The van der Waals surface area contributed by atoms with Crippen molar-refractivity contribution in [1.82, 2.24) is 10.2 Å². The van der Waals surface area contributed by atoms with Gasteiger partial charge in [0, 0.05) is 26.2 Å². The van der Waals surface area contributed by atoms with Gasteiger partial charge in [-0.05, 0) is 32.4 Å². The molecule has 2 heterocycles. The summed E-state index contributed by atoms with van der Waals surface area (Å²) in [5.41, 5.74) is 0. The molecule has 0 aromatic carbocycles. The minimum atomic E-state index is -0.477. The lowest BCUT2D eigenvalue weighted by atomic mass is 9.95. The van der Waals surface area contributed by atoms with Crippen molar-refractivity contribution in [3.8, 4) is 0 Å². The smallest absolute Gasteiger partial charge is 0.223 e. The molecule has 0 radical (unpaired) electrons. The standard InChI is InChI=1S/C14H26N2O4/c1-19-9-7-16-5-2-11(3-6-16)14(18)15-12-10-20-8-4-13(12)17/h11-13,17H,2-10H2,1H3,(H,15,18)/t12-,13-/m1/s1. The first-order chi connectivity index (χ1) is 9.70. The van der Waals surface area contributed by atoms with Gasteiger partial charge in [0.15, 0.2) is 0 Å². The van der Waals surface area contributed by atoms with Crippen molar-refractivity contribution in [3.05, 3.63) is 0 Å². The third-order valence-corrected chi connectivity index (χ3v) is 4.22. The van der Waals surface area contributed by atoms with E-state index in [1.807, 2.05) is 0 Å². The number of likely N-dealkylation sites (tertiary alicyclic amines) is 1. The summed E-state index contributed by atoms with van der Waals surface area (Å²) >= 11 is 0. The summed E-state index contributed by atoms with van der Waals surface area (Å²) in [6, 6.07) is -0.247. The molecule has 6 nitrogen and oxygen atoms in total. The van der Waals surface area contributed by atoms with Crippen LogP contribution in [0.25, 0.3) is 0 Å². The van der Waals surface area contributed by atoms with Crippen molar-refractivity contribution < 1.29 is 19.4 Å². The molecular formula is C14H26N2O4. The van der Waals surface area contributed by atoms with Crippen molar-refractivity contribution in [2.45, 2.75) is 31.4 Å². The highest BCUT2D eigenvalue weighted by Gasteiger charge is 2.30. The highest BCUT2D eigenvalue weighted by molar-refractivity contribution is 5.79. The van der Waals surface area contributed by atoms with Gasteiger partial charge < -0.3 is 24.8 Å². The minimum absolute atomic E-state index is 0.0583. The second kappa shape index (κ2) is 7.93. The van der Waals surface area contributed by atoms with Gasteiger partial charge in [-0.1, -0.05) is 0 Å². The first-order valence-corrected chi connectivity index (χ1v) is 7.48. The van der Waals surface area contributed by atoms with Crippen LogP contribution >= 0.6 is 0 Å². The molecule has 6 heteroatoms. The number of ether oxygens (including phenoxy) is 2. The maximum absolute atomic E-state index is 12.2. The van der Waals surface area contributed by atoms with Gasteiger partial charge in [0.25, 0.3) is 0 Å². The Balaban J connectivity index is 1.71. The Morgan fingerprint density at radius 2 is 2.15 bits per heavy atom. The monoisotopic (exact) mass is 286 g/mol. The van der Waals surface area contributed by atoms with Gasteiger partial charge in [0.1, 0.15) is 0 Å². The zero-order chi connectivity index (χ0) is 14.4. The van der Waals surface area contributed by atoms with Gasteiger partial charge in [-0.15, -0.1) is 0 Å². The molecule has 2 fully saturated rings. The van der Waals surface area contributed by atoms with Gasteiger partial charge in [-0.2, -0.15) is 0 Å². The van der Waals surface area contributed by atoms with Crippen LogP contribution in [0.5, 0.6) is 0 Å². The van der Waals surface area contributed by atoms with E-state index < -0.39 is 6.10 Å². The number of rotatable bonds is 5. The van der Waals surface area contributed by atoms with Crippen LogP contribution in [0.3, 0.4) is 0 Å². The molecule has 2 aliphatic heterocycles. The molecule has 2 aliphatic rings. The quantitative estimate of drug-likeness (QED) is 0.720. The van der Waals surface area contributed by atoms with Crippen molar-refractivity contribution in [2.75, 3.05) is 46.6 Å².